The maximum absolute atomic E-state index is 12.5. The topological polar surface area (TPSA) is 87.8 Å². The minimum Gasteiger partial charge on any atom is -0.508 e. The first-order valence-corrected chi connectivity index (χ1v) is 10.3. The van der Waals surface area contributed by atoms with E-state index in [-0.39, 0.29) is 48.6 Å². The van der Waals surface area contributed by atoms with Gasteiger partial charge in [0, 0.05) is 30.2 Å². The zero-order chi connectivity index (χ0) is 20.4. The highest BCUT2D eigenvalue weighted by atomic mass is 35.5. The molecule has 9 heteroatoms. The summed E-state index contributed by atoms with van der Waals surface area (Å²) >= 11 is 5.98. The van der Waals surface area contributed by atoms with E-state index in [0.29, 0.717) is 19.1 Å². The predicted molar refractivity (Wildman–Crippen MR) is 126 cm³/mol. The van der Waals surface area contributed by atoms with E-state index in [1.165, 1.54) is 0 Å². The van der Waals surface area contributed by atoms with Gasteiger partial charge in [0.25, 0.3) is 0 Å². The molecule has 2 aromatic carbocycles. The number of phenolic OH excluding ortho intramolecular Hbond substituents is 1. The second kappa shape index (κ2) is 11.4. The monoisotopic (exact) mass is 487 g/mol. The van der Waals surface area contributed by atoms with Crippen molar-refractivity contribution in [2.45, 2.75) is 37.1 Å². The van der Waals surface area contributed by atoms with Crippen LogP contribution in [0.5, 0.6) is 5.75 Å². The second-order valence-electron chi connectivity index (χ2n) is 7.90. The van der Waals surface area contributed by atoms with Gasteiger partial charge in [-0.1, -0.05) is 35.9 Å². The summed E-state index contributed by atoms with van der Waals surface area (Å²) in [5.41, 5.74) is 8.14. The molecule has 4 N–H and O–H groups in total. The molecule has 2 aromatic rings. The number of phenols is 1. The first-order valence-electron chi connectivity index (χ1n) is 9.93. The average molecular weight is 489 g/mol. The Labute approximate surface area is 199 Å². The van der Waals surface area contributed by atoms with Crippen LogP contribution in [-0.2, 0) is 16.0 Å². The smallest absolute Gasteiger partial charge is 0.237 e. The fraction of sp³-hybridized carbons (Fsp3) is 0.409. The third-order valence-corrected chi connectivity index (χ3v) is 5.99. The molecule has 170 valence electrons. The van der Waals surface area contributed by atoms with E-state index in [1.807, 2.05) is 24.3 Å². The number of morpholine rings is 1. The average Bonchev–Trinajstić information content (AvgIpc) is 3.11. The van der Waals surface area contributed by atoms with Crippen LogP contribution in [0.25, 0.3) is 0 Å². The third kappa shape index (κ3) is 6.48. The Morgan fingerprint density at radius 2 is 1.84 bits per heavy atom. The molecule has 4 atom stereocenters. The van der Waals surface area contributed by atoms with Crippen molar-refractivity contribution in [1.82, 2.24) is 10.2 Å². The van der Waals surface area contributed by atoms with Crippen molar-refractivity contribution in [3.8, 4) is 5.75 Å². The van der Waals surface area contributed by atoms with Crippen molar-refractivity contribution in [3.05, 3.63) is 64.7 Å². The summed E-state index contributed by atoms with van der Waals surface area (Å²) < 4.78 is 6.06. The number of nitrogens with zero attached hydrogens (tertiary/aromatic N) is 1. The number of halogens is 3. The highest BCUT2D eigenvalue weighted by molar-refractivity contribution is 6.30. The minimum absolute atomic E-state index is 0. The van der Waals surface area contributed by atoms with Crippen LogP contribution in [0.4, 0.5) is 0 Å². The molecular formula is C22H28Cl3N3O3. The first-order chi connectivity index (χ1) is 14.0. The van der Waals surface area contributed by atoms with E-state index in [1.54, 1.807) is 24.3 Å². The van der Waals surface area contributed by atoms with E-state index >= 15 is 0 Å². The molecule has 0 radical (unpaired) electrons. The number of ether oxygens (including phenoxy) is 1. The molecular weight excluding hydrogens is 461 g/mol. The lowest BCUT2D eigenvalue weighted by molar-refractivity contribution is -0.123. The largest absolute Gasteiger partial charge is 0.508 e. The molecule has 2 saturated heterocycles. The second-order valence-corrected chi connectivity index (χ2v) is 8.34. The number of nitrogens with one attached hydrogen (secondary N) is 1. The number of rotatable bonds is 5. The van der Waals surface area contributed by atoms with Crippen molar-refractivity contribution >= 4 is 42.3 Å². The number of hydrogen-bond acceptors (Lipinski definition) is 5. The number of carbonyl (C=O) groups excluding carboxylic acids is 1. The maximum atomic E-state index is 12.5. The van der Waals surface area contributed by atoms with Crippen LogP contribution in [0.3, 0.4) is 0 Å². The van der Waals surface area contributed by atoms with Crippen LogP contribution in [0.1, 0.15) is 23.7 Å². The molecule has 0 saturated carbocycles. The molecule has 31 heavy (non-hydrogen) atoms. The normalized spacial score (nSPS) is 23.7. The Morgan fingerprint density at radius 1 is 1.16 bits per heavy atom. The van der Waals surface area contributed by atoms with E-state index in [0.717, 1.165) is 35.7 Å². The maximum Gasteiger partial charge on any atom is 0.237 e. The summed E-state index contributed by atoms with van der Waals surface area (Å²) in [5.74, 6) is 0.0617. The number of benzene rings is 2. The van der Waals surface area contributed by atoms with E-state index in [2.05, 4.69) is 10.2 Å². The summed E-state index contributed by atoms with van der Waals surface area (Å²) in [4.78, 5) is 14.9. The molecule has 0 spiro atoms. The van der Waals surface area contributed by atoms with Crippen LogP contribution < -0.4 is 11.1 Å². The highest BCUT2D eigenvalue weighted by Gasteiger charge is 2.38. The lowest BCUT2D eigenvalue weighted by Gasteiger charge is -2.35. The van der Waals surface area contributed by atoms with Crippen LogP contribution in [0, 0.1) is 0 Å². The molecule has 2 aliphatic rings. The Morgan fingerprint density at radius 3 is 2.52 bits per heavy atom. The molecule has 2 heterocycles. The number of carbonyl (C=O) groups is 1. The summed E-state index contributed by atoms with van der Waals surface area (Å²) in [7, 11) is 0. The molecule has 1 amide bonds. The van der Waals surface area contributed by atoms with Crippen LogP contribution in [-0.4, -0.2) is 53.7 Å². The molecule has 6 nitrogen and oxygen atoms in total. The van der Waals surface area contributed by atoms with Gasteiger partial charge in [-0.25, -0.2) is 0 Å². The van der Waals surface area contributed by atoms with Crippen molar-refractivity contribution in [2.75, 3.05) is 19.7 Å². The number of hydrogen-bond donors (Lipinski definition) is 3. The van der Waals surface area contributed by atoms with Gasteiger partial charge in [-0.2, -0.15) is 0 Å². The van der Waals surface area contributed by atoms with Crippen molar-refractivity contribution < 1.29 is 14.6 Å². The molecule has 0 bridgehead atoms. The zero-order valence-electron chi connectivity index (χ0n) is 16.9. The van der Waals surface area contributed by atoms with Gasteiger partial charge in [0.15, 0.2) is 0 Å². The van der Waals surface area contributed by atoms with Crippen molar-refractivity contribution in [2.24, 2.45) is 5.73 Å². The first kappa shape index (κ1) is 25.7. The van der Waals surface area contributed by atoms with Crippen LogP contribution in [0.2, 0.25) is 5.02 Å². The van der Waals surface area contributed by atoms with Gasteiger partial charge in [0.2, 0.25) is 5.91 Å². The number of nitrogens with two attached hydrogens (primary N) is 1. The summed E-state index contributed by atoms with van der Waals surface area (Å²) in [6, 6.07) is 14.3. The highest BCUT2D eigenvalue weighted by Crippen LogP contribution is 2.30. The molecule has 2 fully saturated rings. The molecule has 0 unspecified atom stereocenters. The molecule has 0 aromatic heterocycles. The fourth-order valence-corrected chi connectivity index (χ4v) is 4.27. The van der Waals surface area contributed by atoms with Gasteiger partial charge in [-0.15, -0.1) is 24.8 Å². The van der Waals surface area contributed by atoms with E-state index in [9.17, 15) is 9.90 Å². The lowest BCUT2D eigenvalue weighted by Crippen LogP contribution is -2.47. The molecule has 0 aliphatic carbocycles. The fourth-order valence-electron chi connectivity index (χ4n) is 4.14. The molecule has 2 aliphatic heterocycles. The predicted octanol–water partition coefficient (Wildman–Crippen LogP) is 3.09. The van der Waals surface area contributed by atoms with Gasteiger partial charge < -0.3 is 20.9 Å². The number of aromatic hydroxyl groups is 1. The number of fused-ring (bicyclic) bond motifs is 1. The van der Waals surface area contributed by atoms with Crippen molar-refractivity contribution in [3.63, 3.8) is 0 Å². The zero-order valence-corrected chi connectivity index (χ0v) is 19.3. The van der Waals surface area contributed by atoms with Crippen LogP contribution >= 0.6 is 36.4 Å². The lowest BCUT2D eigenvalue weighted by atomic mass is 10.0. The Balaban J connectivity index is 0.00000171. The van der Waals surface area contributed by atoms with Gasteiger partial charge in [0.05, 0.1) is 18.8 Å². The molecule has 4 rings (SSSR count). The van der Waals surface area contributed by atoms with E-state index < -0.39 is 6.04 Å². The Bertz CT molecular complexity index is 851. The van der Waals surface area contributed by atoms with Crippen LogP contribution in [0.15, 0.2) is 48.5 Å². The standard InChI is InChI=1S/C22H26ClN3O3.2ClH/c23-16-5-3-15(4-6-16)21-12-26-11-17(10-18(26)13-29-21)25-22(28)20(24)9-14-1-7-19(27)8-2-14;;/h1-8,17-18,20-21,27H,9-13,24H2,(H,25,28);2*1H/t17-,18-,20-,21+;;/m0../s1. The number of amides is 1. The van der Waals surface area contributed by atoms with Gasteiger partial charge in [0.1, 0.15) is 5.75 Å². The quantitative estimate of drug-likeness (QED) is 0.602. The summed E-state index contributed by atoms with van der Waals surface area (Å²) in [5, 5.41) is 13.2. The van der Waals surface area contributed by atoms with E-state index in [4.69, 9.17) is 22.1 Å². The summed E-state index contributed by atoms with van der Waals surface area (Å²) in [6.45, 7) is 2.26. The third-order valence-electron chi connectivity index (χ3n) is 5.73. The summed E-state index contributed by atoms with van der Waals surface area (Å²) in [6.07, 6.45) is 1.33. The Hall–Kier alpha value is -1.54. The Kier molecular flexibility index (Phi) is 9.43. The van der Waals surface area contributed by atoms with Gasteiger partial charge >= 0.3 is 0 Å². The minimum atomic E-state index is -0.616. The van der Waals surface area contributed by atoms with Gasteiger partial charge in [-0.05, 0) is 48.2 Å². The van der Waals surface area contributed by atoms with Crippen molar-refractivity contribution in [1.29, 1.82) is 0 Å². The van der Waals surface area contributed by atoms with Gasteiger partial charge in [-0.3, -0.25) is 9.69 Å². The SMILES string of the molecule is Cl.Cl.N[C@@H](Cc1ccc(O)cc1)C(=O)N[C@H]1C[C@H]2CO[C@@H](c3ccc(Cl)cc3)CN2C1.